The molecule has 0 bridgehead atoms. The molecule has 0 fully saturated rings. The Balaban J connectivity index is 1.60. The van der Waals surface area contributed by atoms with E-state index in [9.17, 15) is 4.79 Å². The van der Waals surface area contributed by atoms with Crippen molar-refractivity contribution in [1.82, 2.24) is 25.0 Å². The van der Waals surface area contributed by atoms with Gasteiger partial charge in [0.05, 0.1) is 0 Å². The molecule has 0 saturated heterocycles. The highest BCUT2D eigenvalue weighted by atomic mass is 16.1. The Morgan fingerprint density at radius 3 is 2.62 bits per heavy atom. The molecule has 4 rings (SSSR count). The molecule has 4 aromatic rings. The average Bonchev–Trinajstić information content (AvgIpc) is 3.17. The maximum absolute atomic E-state index is 12.4. The van der Waals surface area contributed by atoms with Gasteiger partial charge in [-0.25, -0.2) is 9.67 Å². The first-order valence-electron chi connectivity index (χ1n) is 7.29. The molecular weight excluding hydrogens is 304 g/mol. The summed E-state index contributed by atoms with van der Waals surface area (Å²) in [5.41, 5.74) is 0.965. The van der Waals surface area contributed by atoms with Crippen LogP contribution in [-0.4, -0.2) is 30.9 Å². The van der Waals surface area contributed by atoms with Crippen LogP contribution in [0.15, 0.2) is 67.3 Å². The monoisotopic (exact) mass is 316 g/mol. The predicted octanol–water partition coefficient (Wildman–Crippen LogP) is 2.46. The Morgan fingerprint density at radius 1 is 0.958 bits per heavy atom. The van der Waals surface area contributed by atoms with Crippen LogP contribution in [0.4, 0.5) is 5.69 Å². The Hall–Kier alpha value is -3.61. The predicted molar refractivity (Wildman–Crippen MR) is 88.9 cm³/mol. The lowest BCUT2D eigenvalue weighted by Crippen LogP contribution is -2.15. The quantitative estimate of drug-likeness (QED) is 0.627. The van der Waals surface area contributed by atoms with E-state index < -0.39 is 0 Å². The fourth-order valence-electron chi connectivity index (χ4n) is 2.42. The average molecular weight is 316 g/mol. The molecule has 116 valence electrons. The van der Waals surface area contributed by atoms with Crippen LogP contribution in [0.1, 0.15) is 10.5 Å². The van der Waals surface area contributed by atoms with Gasteiger partial charge in [0, 0.05) is 11.1 Å². The highest BCUT2D eigenvalue weighted by Crippen LogP contribution is 2.23. The molecule has 0 atom stereocenters. The van der Waals surface area contributed by atoms with Crippen molar-refractivity contribution in [3.05, 3.63) is 72.9 Å². The van der Waals surface area contributed by atoms with Gasteiger partial charge in [-0.05, 0) is 23.6 Å². The molecule has 2 aromatic carbocycles. The van der Waals surface area contributed by atoms with Crippen LogP contribution in [0.25, 0.3) is 16.6 Å². The second kappa shape index (κ2) is 5.88. The van der Waals surface area contributed by atoms with Crippen LogP contribution in [0.3, 0.4) is 0 Å². The van der Waals surface area contributed by atoms with Crippen molar-refractivity contribution in [2.75, 3.05) is 5.32 Å². The van der Waals surface area contributed by atoms with Crippen molar-refractivity contribution >= 4 is 22.4 Å². The van der Waals surface area contributed by atoms with Gasteiger partial charge in [-0.2, -0.15) is 5.10 Å². The van der Waals surface area contributed by atoms with Crippen LogP contribution in [0.5, 0.6) is 0 Å². The van der Waals surface area contributed by atoms with E-state index in [-0.39, 0.29) is 11.6 Å². The molecule has 0 unspecified atom stereocenters. The number of nitrogens with zero attached hydrogens (tertiary/aromatic N) is 5. The number of carbonyl (C=O) groups is 1. The number of hydrogen-bond donors (Lipinski definition) is 1. The van der Waals surface area contributed by atoms with E-state index in [4.69, 9.17) is 0 Å². The highest BCUT2D eigenvalue weighted by Gasteiger charge is 2.11. The largest absolute Gasteiger partial charge is 0.320 e. The van der Waals surface area contributed by atoms with Crippen molar-refractivity contribution < 1.29 is 4.79 Å². The normalized spacial score (nSPS) is 10.7. The van der Waals surface area contributed by atoms with E-state index in [2.05, 4.69) is 25.6 Å². The van der Waals surface area contributed by atoms with Gasteiger partial charge in [0.2, 0.25) is 0 Å². The van der Waals surface area contributed by atoms with Gasteiger partial charge in [-0.3, -0.25) is 4.79 Å². The number of carbonyl (C=O) groups excluding carboxylic acids is 1. The first kappa shape index (κ1) is 14.0. The molecule has 0 aliphatic rings. The number of aromatic nitrogens is 5. The Morgan fingerprint density at radius 2 is 1.83 bits per heavy atom. The highest BCUT2D eigenvalue weighted by molar-refractivity contribution is 6.08. The van der Waals surface area contributed by atoms with Gasteiger partial charge < -0.3 is 5.32 Å². The summed E-state index contributed by atoms with van der Waals surface area (Å²) in [5.74, 6) is 0.179. The third kappa shape index (κ3) is 2.58. The second-order valence-electron chi connectivity index (χ2n) is 5.10. The number of amides is 1. The van der Waals surface area contributed by atoms with Crippen molar-refractivity contribution in [1.29, 1.82) is 0 Å². The lowest BCUT2D eigenvalue weighted by molar-refractivity contribution is 0.102. The first-order chi connectivity index (χ1) is 11.8. The van der Waals surface area contributed by atoms with Crippen molar-refractivity contribution in [3.63, 3.8) is 0 Å². The van der Waals surface area contributed by atoms with Gasteiger partial charge in [0.15, 0.2) is 11.5 Å². The van der Waals surface area contributed by atoms with Crippen molar-refractivity contribution in [2.24, 2.45) is 0 Å². The lowest BCUT2D eigenvalue weighted by Gasteiger charge is -2.08. The summed E-state index contributed by atoms with van der Waals surface area (Å²) in [5, 5.41) is 16.8. The molecule has 24 heavy (non-hydrogen) atoms. The minimum absolute atomic E-state index is 0.229. The van der Waals surface area contributed by atoms with E-state index in [1.807, 2.05) is 42.5 Å². The maximum atomic E-state index is 12.4. The Kier molecular flexibility index (Phi) is 3.43. The van der Waals surface area contributed by atoms with Crippen LogP contribution in [0, 0.1) is 0 Å². The fraction of sp³-hybridized carbons (Fsp3) is 0. The minimum Gasteiger partial charge on any atom is -0.320 e. The van der Waals surface area contributed by atoms with Crippen LogP contribution < -0.4 is 5.32 Å². The zero-order valence-corrected chi connectivity index (χ0v) is 12.5. The third-order valence-electron chi connectivity index (χ3n) is 3.57. The van der Waals surface area contributed by atoms with Gasteiger partial charge in [-0.1, -0.05) is 36.4 Å². The number of benzene rings is 2. The summed E-state index contributed by atoms with van der Waals surface area (Å²) in [7, 11) is 0. The molecule has 7 heteroatoms. The molecule has 0 aliphatic heterocycles. The molecule has 2 aromatic heterocycles. The van der Waals surface area contributed by atoms with E-state index in [0.29, 0.717) is 5.82 Å². The van der Waals surface area contributed by atoms with Crippen LogP contribution in [-0.2, 0) is 0 Å². The van der Waals surface area contributed by atoms with Gasteiger partial charge in [0.1, 0.15) is 12.7 Å². The zero-order chi connectivity index (χ0) is 16.4. The van der Waals surface area contributed by atoms with Crippen molar-refractivity contribution in [2.45, 2.75) is 0 Å². The fourth-order valence-corrected chi connectivity index (χ4v) is 2.42. The van der Waals surface area contributed by atoms with E-state index in [1.54, 1.807) is 12.1 Å². The number of fused-ring (bicyclic) bond motifs is 1. The lowest BCUT2D eigenvalue weighted by atomic mass is 10.1. The minimum atomic E-state index is -0.316. The summed E-state index contributed by atoms with van der Waals surface area (Å²) in [4.78, 5) is 16.3. The number of anilines is 1. The Labute approximate surface area is 137 Å². The summed E-state index contributed by atoms with van der Waals surface area (Å²) in [6.07, 6.45) is 2.92. The summed E-state index contributed by atoms with van der Waals surface area (Å²) < 4.78 is 1.47. The van der Waals surface area contributed by atoms with E-state index in [0.717, 1.165) is 16.5 Å². The number of hydrogen-bond acceptors (Lipinski definition) is 5. The molecule has 0 radical (unpaired) electrons. The van der Waals surface area contributed by atoms with Crippen molar-refractivity contribution in [3.8, 4) is 5.82 Å². The topological polar surface area (TPSA) is 85.6 Å². The summed E-state index contributed by atoms with van der Waals surface area (Å²) in [6.45, 7) is 0. The number of nitrogens with one attached hydrogen (secondary N) is 1. The first-order valence-corrected chi connectivity index (χ1v) is 7.29. The van der Waals surface area contributed by atoms with Crippen LogP contribution in [0.2, 0.25) is 0 Å². The summed E-state index contributed by atoms with van der Waals surface area (Å²) in [6, 6.07) is 16.9. The number of rotatable bonds is 3. The smallest absolute Gasteiger partial charge is 0.276 e. The molecular formula is C17H12N6O. The molecule has 0 aliphatic carbocycles. The molecule has 7 nitrogen and oxygen atoms in total. The van der Waals surface area contributed by atoms with Crippen LogP contribution >= 0.6 is 0 Å². The SMILES string of the molecule is O=C(Nc1cccc2ccccc12)c1ccc(-n2cncn2)nn1. The zero-order valence-electron chi connectivity index (χ0n) is 12.5. The van der Waals surface area contributed by atoms with Gasteiger partial charge in [-0.15, -0.1) is 10.2 Å². The van der Waals surface area contributed by atoms with E-state index >= 15 is 0 Å². The molecule has 1 amide bonds. The molecule has 2 heterocycles. The third-order valence-corrected chi connectivity index (χ3v) is 3.57. The molecule has 0 spiro atoms. The Bertz CT molecular complexity index is 990. The van der Waals surface area contributed by atoms with E-state index in [1.165, 1.54) is 17.3 Å². The van der Waals surface area contributed by atoms with Gasteiger partial charge in [0.25, 0.3) is 5.91 Å². The molecule has 0 saturated carbocycles. The standard InChI is InChI=1S/C17H12N6O/c24-17(15-8-9-16(22-21-15)23-11-18-10-19-23)20-14-7-3-5-12-4-1-2-6-13(12)14/h1-11H,(H,20,24). The second-order valence-corrected chi connectivity index (χ2v) is 5.10. The molecule has 1 N–H and O–H groups in total. The summed E-state index contributed by atoms with van der Waals surface area (Å²) >= 11 is 0. The maximum Gasteiger partial charge on any atom is 0.276 e. The van der Waals surface area contributed by atoms with Gasteiger partial charge >= 0.3 is 0 Å².